The third-order valence-electron chi connectivity index (χ3n) is 4.54. The molecule has 0 saturated heterocycles. The summed E-state index contributed by atoms with van der Waals surface area (Å²) in [6.45, 7) is 2.20. The Kier molecular flexibility index (Phi) is 5.02. The summed E-state index contributed by atoms with van der Waals surface area (Å²) < 4.78 is 41.3. The summed E-state index contributed by atoms with van der Waals surface area (Å²) in [7, 11) is -3.57. The lowest BCUT2D eigenvalue weighted by atomic mass is 10.2. The lowest BCUT2D eigenvalue weighted by molar-refractivity contribution is 0.0921. The van der Waals surface area contributed by atoms with Crippen LogP contribution in [0, 0.1) is 6.92 Å². The van der Waals surface area contributed by atoms with Crippen molar-refractivity contribution in [1.29, 1.82) is 0 Å². The highest BCUT2D eigenvalue weighted by molar-refractivity contribution is 7.90. The first-order chi connectivity index (χ1) is 13.9. The van der Waals surface area contributed by atoms with Crippen LogP contribution in [0.1, 0.15) is 27.4 Å². The zero-order valence-corrected chi connectivity index (χ0v) is 16.5. The fourth-order valence-electron chi connectivity index (χ4n) is 3.07. The Hall–Kier alpha value is -3.26. The Balaban J connectivity index is 1.41. The van der Waals surface area contributed by atoms with E-state index < -0.39 is 15.7 Å². The molecule has 0 fully saturated rings. The fourth-order valence-corrected chi connectivity index (χ4v) is 4.60. The van der Waals surface area contributed by atoms with E-state index in [0.29, 0.717) is 17.1 Å². The Labute approximate surface area is 168 Å². The molecule has 0 bridgehead atoms. The Morgan fingerprint density at radius 1 is 1.03 bits per heavy atom. The molecule has 0 radical (unpaired) electrons. The van der Waals surface area contributed by atoms with E-state index in [2.05, 4.69) is 5.32 Å². The van der Waals surface area contributed by atoms with E-state index in [1.165, 1.54) is 12.1 Å². The predicted molar refractivity (Wildman–Crippen MR) is 105 cm³/mol. The summed E-state index contributed by atoms with van der Waals surface area (Å²) >= 11 is 0. The summed E-state index contributed by atoms with van der Waals surface area (Å²) in [6.07, 6.45) is 0. The lowest BCUT2D eigenvalue weighted by Gasteiger charge is -2.06. The maximum atomic E-state index is 12.6. The van der Waals surface area contributed by atoms with Gasteiger partial charge >= 0.3 is 0 Å². The van der Waals surface area contributed by atoms with Gasteiger partial charge in [0.2, 0.25) is 6.79 Å². The Morgan fingerprint density at radius 2 is 1.83 bits per heavy atom. The number of hydrogen-bond donors (Lipinski definition) is 1. The van der Waals surface area contributed by atoms with Crippen molar-refractivity contribution >= 4 is 15.7 Å². The first kappa shape index (κ1) is 19.1. The monoisotopic (exact) mass is 413 g/mol. The van der Waals surface area contributed by atoms with Crippen LogP contribution < -0.4 is 14.8 Å². The molecule has 150 valence electrons. The number of sulfone groups is 1. The van der Waals surface area contributed by atoms with Crippen LogP contribution in [0.4, 0.5) is 0 Å². The number of ether oxygens (including phenoxy) is 2. The van der Waals surface area contributed by atoms with E-state index in [0.717, 1.165) is 5.56 Å². The number of nitrogens with one attached hydrogen (secondary N) is 1. The van der Waals surface area contributed by atoms with Crippen molar-refractivity contribution in [2.24, 2.45) is 0 Å². The van der Waals surface area contributed by atoms with Crippen molar-refractivity contribution in [2.45, 2.75) is 24.1 Å². The number of furan rings is 1. The van der Waals surface area contributed by atoms with Gasteiger partial charge in [-0.3, -0.25) is 4.79 Å². The van der Waals surface area contributed by atoms with Crippen LogP contribution in [-0.2, 0) is 22.1 Å². The molecule has 2 aromatic carbocycles. The molecule has 2 heterocycles. The minimum absolute atomic E-state index is 0.0562. The van der Waals surface area contributed by atoms with Crippen LogP contribution >= 0.6 is 0 Å². The van der Waals surface area contributed by atoms with Gasteiger partial charge in [-0.15, -0.1) is 0 Å². The van der Waals surface area contributed by atoms with Crippen molar-refractivity contribution in [2.75, 3.05) is 6.79 Å². The van der Waals surface area contributed by atoms with Crippen molar-refractivity contribution in [3.8, 4) is 11.5 Å². The van der Waals surface area contributed by atoms with Gasteiger partial charge in [-0.1, -0.05) is 24.3 Å². The maximum absolute atomic E-state index is 12.6. The largest absolute Gasteiger partial charge is 0.455 e. The van der Waals surface area contributed by atoms with Gasteiger partial charge < -0.3 is 19.2 Å². The molecule has 1 aliphatic heterocycles. The number of hydrogen-bond acceptors (Lipinski definition) is 6. The van der Waals surface area contributed by atoms with E-state index in [1.54, 1.807) is 43.3 Å². The Morgan fingerprint density at radius 3 is 2.66 bits per heavy atom. The summed E-state index contributed by atoms with van der Waals surface area (Å²) in [5.41, 5.74) is 1.51. The SMILES string of the molecule is Cc1ccccc1S(=O)(=O)Cc1ccc(C(=O)NCc2ccc3c(c2)OCO3)o1. The topological polar surface area (TPSA) is 94.8 Å². The molecule has 29 heavy (non-hydrogen) atoms. The molecule has 1 amide bonds. The second-order valence-electron chi connectivity index (χ2n) is 6.66. The van der Waals surface area contributed by atoms with Crippen LogP contribution in [0.25, 0.3) is 0 Å². The van der Waals surface area contributed by atoms with Gasteiger partial charge in [0.25, 0.3) is 5.91 Å². The van der Waals surface area contributed by atoms with Crippen molar-refractivity contribution in [3.63, 3.8) is 0 Å². The van der Waals surface area contributed by atoms with Gasteiger partial charge in [0.05, 0.1) is 4.90 Å². The van der Waals surface area contributed by atoms with E-state index in [-0.39, 0.29) is 35.5 Å². The fraction of sp³-hybridized carbons (Fsp3) is 0.190. The molecule has 0 spiro atoms. The number of carbonyl (C=O) groups excluding carboxylic acids is 1. The molecule has 0 atom stereocenters. The van der Waals surface area contributed by atoms with Crippen LogP contribution in [-0.4, -0.2) is 21.1 Å². The highest BCUT2D eigenvalue weighted by Gasteiger charge is 2.21. The summed E-state index contributed by atoms with van der Waals surface area (Å²) in [4.78, 5) is 12.6. The highest BCUT2D eigenvalue weighted by Crippen LogP contribution is 2.32. The highest BCUT2D eigenvalue weighted by atomic mass is 32.2. The smallest absolute Gasteiger partial charge is 0.287 e. The second-order valence-corrected chi connectivity index (χ2v) is 8.62. The first-order valence-electron chi connectivity index (χ1n) is 8.96. The molecule has 0 aliphatic carbocycles. The molecule has 4 rings (SSSR count). The van der Waals surface area contributed by atoms with Crippen LogP contribution in [0.15, 0.2) is 63.9 Å². The molecular formula is C21H19NO6S. The molecule has 0 unspecified atom stereocenters. The van der Waals surface area contributed by atoms with Gasteiger partial charge in [-0.05, 0) is 48.4 Å². The lowest BCUT2D eigenvalue weighted by Crippen LogP contribution is -2.22. The molecular weight excluding hydrogens is 394 g/mol. The van der Waals surface area contributed by atoms with E-state index in [9.17, 15) is 13.2 Å². The van der Waals surface area contributed by atoms with Crippen molar-refractivity contribution in [3.05, 3.63) is 77.2 Å². The zero-order valence-electron chi connectivity index (χ0n) is 15.7. The van der Waals surface area contributed by atoms with Gasteiger partial charge in [0.1, 0.15) is 11.5 Å². The van der Waals surface area contributed by atoms with Gasteiger partial charge in [0, 0.05) is 6.54 Å². The predicted octanol–water partition coefficient (Wildman–Crippen LogP) is 3.22. The Bertz CT molecular complexity index is 1170. The number of carbonyl (C=O) groups is 1. The molecule has 3 aromatic rings. The first-order valence-corrected chi connectivity index (χ1v) is 10.6. The van der Waals surface area contributed by atoms with E-state index >= 15 is 0 Å². The molecule has 1 aromatic heterocycles. The summed E-state index contributed by atoms with van der Waals surface area (Å²) in [5, 5.41) is 2.74. The van der Waals surface area contributed by atoms with Crippen LogP contribution in [0.2, 0.25) is 0 Å². The molecule has 8 heteroatoms. The molecule has 1 N–H and O–H groups in total. The van der Waals surface area contributed by atoms with Gasteiger partial charge in [0.15, 0.2) is 27.1 Å². The maximum Gasteiger partial charge on any atom is 0.287 e. The number of benzene rings is 2. The minimum Gasteiger partial charge on any atom is -0.455 e. The number of fused-ring (bicyclic) bond motifs is 1. The third kappa shape index (κ3) is 4.12. The average molecular weight is 413 g/mol. The number of rotatable bonds is 6. The van der Waals surface area contributed by atoms with Gasteiger partial charge in [-0.25, -0.2) is 8.42 Å². The molecule has 7 nitrogen and oxygen atoms in total. The number of amides is 1. The van der Waals surface area contributed by atoms with Crippen molar-refractivity contribution < 1.29 is 27.1 Å². The molecule has 1 aliphatic rings. The zero-order chi connectivity index (χ0) is 20.4. The summed E-state index contributed by atoms with van der Waals surface area (Å²) in [5.74, 6) is 0.835. The third-order valence-corrected chi connectivity index (χ3v) is 6.33. The van der Waals surface area contributed by atoms with Crippen LogP contribution in [0.3, 0.4) is 0 Å². The normalized spacial score (nSPS) is 12.7. The minimum atomic E-state index is -3.57. The average Bonchev–Trinajstić information content (AvgIpc) is 3.35. The second kappa shape index (κ2) is 7.63. The van der Waals surface area contributed by atoms with E-state index in [4.69, 9.17) is 13.9 Å². The van der Waals surface area contributed by atoms with Crippen molar-refractivity contribution in [1.82, 2.24) is 5.32 Å². The standard InChI is InChI=1S/C21H19NO6S/c1-14-4-2-3-5-20(14)29(24,25)12-16-7-9-18(28-16)21(23)22-11-15-6-8-17-19(10-15)27-13-26-17/h2-10H,11-13H2,1H3,(H,22,23). The van der Waals surface area contributed by atoms with Crippen LogP contribution in [0.5, 0.6) is 11.5 Å². The van der Waals surface area contributed by atoms with E-state index in [1.807, 2.05) is 6.07 Å². The quantitative estimate of drug-likeness (QED) is 0.667. The summed E-state index contributed by atoms with van der Waals surface area (Å²) in [6, 6.07) is 15.1. The molecule has 0 saturated carbocycles. The number of aryl methyl sites for hydroxylation is 1. The van der Waals surface area contributed by atoms with Gasteiger partial charge in [-0.2, -0.15) is 0 Å².